The molecule has 1 unspecified atom stereocenters. The van der Waals surface area contributed by atoms with Gasteiger partial charge in [-0.25, -0.2) is 15.0 Å². The van der Waals surface area contributed by atoms with Gasteiger partial charge in [-0.3, -0.25) is 0 Å². The summed E-state index contributed by atoms with van der Waals surface area (Å²) in [5.74, 6) is 1.64. The Morgan fingerprint density at radius 3 is 2.87 bits per heavy atom. The standard InChI is InChI=1S/C15H18F3N5/c1-10-5-19-9-20-14(10)22(2)6-11-3-4-13-21-12(15(16,17)18)8-23(13)7-11/h5,8-9,11H,3-4,6-7H2,1-2H3. The third-order valence-corrected chi connectivity index (χ3v) is 4.14. The molecule has 8 heteroatoms. The third kappa shape index (κ3) is 3.30. The van der Waals surface area contributed by atoms with Crippen LogP contribution < -0.4 is 4.90 Å². The normalized spacial score (nSPS) is 17.9. The fourth-order valence-corrected chi connectivity index (χ4v) is 3.07. The van der Waals surface area contributed by atoms with Gasteiger partial charge in [0.05, 0.1) is 0 Å². The van der Waals surface area contributed by atoms with E-state index >= 15 is 0 Å². The third-order valence-electron chi connectivity index (χ3n) is 4.14. The largest absolute Gasteiger partial charge is 0.434 e. The lowest BCUT2D eigenvalue weighted by molar-refractivity contribution is -0.141. The SMILES string of the molecule is Cc1cncnc1N(C)CC1CCc2nc(C(F)(F)F)cn2C1. The van der Waals surface area contributed by atoms with Crippen LogP contribution in [0.15, 0.2) is 18.7 Å². The van der Waals surface area contributed by atoms with Crippen molar-refractivity contribution in [2.24, 2.45) is 5.92 Å². The molecule has 1 atom stereocenters. The van der Waals surface area contributed by atoms with Crippen LogP contribution in [0.4, 0.5) is 19.0 Å². The molecule has 124 valence electrons. The van der Waals surface area contributed by atoms with Crippen molar-refractivity contribution < 1.29 is 13.2 Å². The van der Waals surface area contributed by atoms with Crippen molar-refractivity contribution in [3.05, 3.63) is 35.8 Å². The highest BCUT2D eigenvalue weighted by molar-refractivity contribution is 5.43. The predicted octanol–water partition coefficient (Wildman–Crippen LogP) is 2.70. The first-order chi connectivity index (χ1) is 10.8. The number of fused-ring (bicyclic) bond motifs is 1. The lowest BCUT2D eigenvalue weighted by atomic mass is 9.99. The zero-order chi connectivity index (χ0) is 16.6. The summed E-state index contributed by atoms with van der Waals surface area (Å²) in [6, 6.07) is 0. The molecule has 0 aromatic carbocycles. The summed E-state index contributed by atoms with van der Waals surface area (Å²) in [5, 5.41) is 0. The molecule has 1 aliphatic heterocycles. The summed E-state index contributed by atoms with van der Waals surface area (Å²) in [4.78, 5) is 14.0. The van der Waals surface area contributed by atoms with Crippen LogP contribution in [-0.4, -0.2) is 33.1 Å². The Morgan fingerprint density at radius 2 is 2.17 bits per heavy atom. The molecule has 0 amide bonds. The van der Waals surface area contributed by atoms with Gasteiger partial charge in [0.2, 0.25) is 0 Å². The Balaban J connectivity index is 1.70. The first-order valence-corrected chi connectivity index (χ1v) is 7.45. The maximum atomic E-state index is 12.7. The zero-order valence-electron chi connectivity index (χ0n) is 13.0. The minimum Gasteiger partial charge on any atom is -0.359 e. The van der Waals surface area contributed by atoms with E-state index in [1.165, 1.54) is 6.33 Å². The summed E-state index contributed by atoms with van der Waals surface area (Å²) >= 11 is 0. The molecule has 3 heterocycles. The second-order valence-electron chi connectivity index (χ2n) is 6.01. The van der Waals surface area contributed by atoms with Crippen molar-refractivity contribution in [1.29, 1.82) is 0 Å². The number of hydrogen-bond acceptors (Lipinski definition) is 4. The maximum Gasteiger partial charge on any atom is 0.434 e. The number of halogens is 3. The smallest absolute Gasteiger partial charge is 0.359 e. The summed E-state index contributed by atoms with van der Waals surface area (Å²) in [6.07, 6.45) is 1.39. The molecule has 0 saturated heterocycles. The fourth-order valence-electron chi connectivity index (χ4n) is 3.07. The monoisotopic (exact) mass is 325 g/mol. The highest BCUT2D eigenvalue weighted by atomic mass is 19.4. The van der Waals surface area contributed by atoms with Gasteiger partial charge in [-0.15, -0.1) is 0 Å². The Bertz CT molecular complexity index is 695. The molecule has 0 N–H and O–H groups in total. The van der Waals surface area contributed by atoms with Crippen LogP contribution in [-0.2, 0) is 19.1 Å². The molecule has 1 aliphatic rings. The van der Waals surface area contributed by atoms with E-state index in [1.807, 2.05) is 18.9 Å². The predicted molar refractivity (Wildman–Crippen MR) is 79.1 cm³/mol. The zero-order valence-corrected chi connectivity index (χ0v) is 13.0. The van der Waals surface area contributed by atoms with Crippen LogP contribution in [0, 0.1) is 12.8 Å². The number of rotatable bonds is 3. The van der Waals surface area contributed by atoms with E-state index in [1.54, 1.807) is 10.8 Å². The molecular formula is C15H18F3N5. The minimum absolute atomic E-state index is 0.261. The molecule has 0 spiro atoms. The molecule has 2 aromatic rings. The van der Waals surface area contributed by atoms with Crippen molar-refractivity contribution in [3.63, 3.8) is 0 Å². The van der Waals surface area contributed by atoms with E-state index in [2.05, 4.69) is 15.0 Å². The molecular weight excluding hydrogens is 307 g/mol. The quantitative estimate of drug-likeness (QED) is 0.870. The highest BCUT2D eigenvalue weighted by Gasteiger charge is 2.35. The average molecular weight is 325 g/mol. The van der Waals surface area contributed by atoms with Gasteiger partial charge in [0.15, 0.2) is 5.69 Å². The van der Waals surface area contributed by atoms with Crippen LogP contribution in [0.3, 0.4) is 0 Å². The van der Waals surface area contributed by atoms with Crippen LogP contribution in [0.25, 0.3) is 0 Å². The van der Waals surface area contributed by atoms with Crippen molar-refractivity contribution in [3.8, 4) is 0 Å². The van der Waals surface area contributed by atoms with Gasteiger partial charge in [0.25, 0.3) is 0 Å². The Morgan fingerprint density at radius 1 is 1.39 bits per heavy atom. The number of imidazole rings is 1. The van der Waals surface area contributed by atoms with E-state index < -0.39 is 11.9 Å². The van der Waals surface area contributed by atoms with Gasteiger partial charge in [-0.05, 0) is 19.3 Å². The van der Waals surface area contributed by atoms with Crippen LogP contribution in [0.1, 0.15) is 23.5 Å². The summed E-state index contributed by atoms with van der Waals surface area (Å²) in [6.45, 7) is 3.22. The van der Waals surface area contributed by atoms with Gasteiger partial charge in [0.1, 0.15) is 18.0 Å². The lowest BCUT2D eigenvalue weighted by Crippen LogP contribution is -2.32. The molecule has 5 nitrogen and oxygen atoms in total. The second-order valence-corrected chi connectivity index (χ2v) is 6.01. The molecule has 3 rings (SSSR count). The Kier molecular flexibility index (Phi) is 3.99. The number of anilines is 1. The topological polar surface area (TPSA) is 46.8 Å². The Labute approximate surface area is 132 Å². The summed E-state index contributed by atoms with van der Waals surface area (Å²) in [7, 11) is 1.94. The average Bonchev–Trinajstić information content (AvgIpc) is 2.91. The summed E-state index contributed by atoms with van der Waals surface area (Å²) < 4.78 is 39.9. The Hall–Kier alpha value is -2.12. The van der Waals surface area contributed by atoms with E-state index in [-0.39, 0.29) is 5.92 Å². The van der Waals surface area contributed by atoms with Crippen LogP contribution in [0.5, 0.6) is 0 Å². The van der Waals surface area contributed by atoms with Gasteiger partial charge < -0.3 is 9.47 Å². The van der Waals surface area contributed by atoms with Gasteiger partial charge in [-0.1, -0.05) is 0 Å². The number of aromatic nitrogens is 4. The molecule has 0 aliphatic carbocycles. The number of alkyl halides is 3. The van der Waals surface area contributed by atoms with Gasteiger partial charge in [0, 0.05) is 44.5 Å². The molecule has 23 heavy (non-hydrogen) atoms. The van der Waals surface area contributed by atoms with Crippen LogP contribution >= 0.6 is 0 Å². The molecule has 2 aromatic heterocycles. The van der Waals surface area contributed by atoms with Crippen molar-refractivity contribution >= 4 is 5.82 Å². The minimum atomic E-state index is -4.38. The lowest BCUT2D eigenvalue weighted by Gasteiger charge is -2.29. The highest BCUT2D eigenvalue weighted by Crippen LogP contribution is 2.31. The molecule has 0 fully saturated rings. The number of nitrogens with zero attached hydrogens (tertiary/aromatic N) is 5. The first-order valence-electron chi connectivity index (χ1n) is 7.45. The number of aryl methyl sites for hydroxylation is 2. The first kappa shape index (κ1) is 15.8. The van der Waals surface area contributed by atoms with Gasteiger partial charge in [-0.2, -0.15) is 13.2 Å². The number of hydrogen-bond donors (Lipinski definition) is 0. The molecule has 0 radical (unpaired) electrons. The fraction of sp³-hybridized carbons (Fsp3) is 0.533. The van der Waals surface area contributed by atoms with Crippen molar-refractivity contribution in [2.45, 2.75) is 32.5 Å². The van der Waals surface area contributed by atoms with E-state index in [4.69, 9.17) is 0 Å². The second kappa shape index (κ2) is 5.82. The summed E-state index contributed by atoms with van der Waals surface area (Å²) in [5.41, 5.74) is 0.182. The van der Waals surface area contributed by atoms with Gasteiger partial charge >= 0.3 is 6.18 Å². The molecule has 0 bridgehead atoms. The van der Waals surface area contributed by atoms with Crippen LogP contribution in [0.2, 0.25) is 0 Å². The van der Waals surface area contributed by atoms with E-state index in [9.17, 15) is 13.2 Å². The molecule has 0 saturated carbocycles. The van der Waals surface area contributed by atoms with E-state index in [0.29, 0.717) is 18.8 Å². The van der Waals surface area contributed by atoms with E-state index in [0.717, 1.165) is 30.5 Å². The van der Waals surface area contributed by atoms with Crippen molar-refractivity contribution in [1.82, 2.24) is 19.5 Å². The maximum absolute atomic E-state index is 12.7. The van der Waals surface area contributed by atoms with Crippen molar-refractivity contribution in [2.75, 3.05) is 18.5 Å².